The zero-order valence-corrected chi connectivity index (χ0v) is 19.9. The van der Waals surface area contributed by atoms with E-state index in [1.807, 2.05) is 67.8 Å². The first-order valence-corrected chi connectivity index (χ1v) is 12.0. The summed E-state index contributed by atoms with van der Waals surface area (Å²) in [5, 5.41) is 6.09. The van der Waals surface area contributed by atoms with Crippen molar-refractivity contribution in [2.45, 2.75) is 39.1 Å². The Kier molecular flexibility index (Phi) is 5.93. The van der Waals surface area contributed by atoms with Crippen LogP contribution in [-0.2, 0) is 30.0 Å². The van der Waals surface area contributed by atoms with Gasteiger partial charge in [0.1, 0.15) is 18.0 Å². The second-order valence-corrected chi connectivity index (χ2v) is 9.56. The molecule has 174 valence electrons. The Morgan fingerprint density at radius 1 is 1.18 bits per heavy atom. The Morgan fingerprint density at radius 2 is 2.00 bits per heavy atom. The molecular formula is C26H25N3O4S. The first kappa shape index (κ1) is 22.3. The number of rotatable bonds is 6. The van der Waals surface area contributed by atoms with Gasteiger partial charge in [-0.1, -0.05) is 48.5 Å². The SMILES string of the molecule is CC1(C)OCCn2c1nc(C(=O)NCc1cccc3ccsc13)c(OCc1ccccc1)c2=O. The summed E-state index contributed by atoms with van der Waals surface area (Å²) in [6.07, 6.45) is 0. The van der Waals surface area contributed by atoms with Gasteiger partial charge in [-0.05, 0) is 41.8 Å². The van der Waals surface area contributed by atoms with Crippen LogP contribution in [0, 0.1) is 0 Å². The van der Waals surface area contributed by atoms with E-state index in [1.165, 1.54) is 0 Å². The fourth-order valence-electron chi connectivity index (χ4n) is 4.13. The van der Waals surface area contributed by atoms with E-state index in [0.29, 0.717) is 25.5 Å². The summed E-state index contributed by atoms with van der Waals surface area (Å²) in [6.45, 7) is 4.90. The number of fused-ring (bicyclic) bond motifs is 2. The molecule has 3 heterocycles. The van der Waals surface area contributed by atoms with Gasteiger partial charge in [-0.3, -0.25) is 14.2 Å². The van der Waals surface area contributed by atoms with Crippen LogP contribution in [-0.4, -0.2) is 22.1 Å². The lowest BCUT2D eigenvalue weighted by Gasteiger charge is -2.32. The van der Waals surface area contributed by atoms with E-state index in [1.54, 1.807) is 15.9 Å². The molecule has 1 N–H and O–H groups in total. The van der Waals surface area contributed by atoms with Crippen molar-refractivity contribution in [3.05, 3.63) is 93.0 Å². The molecular weight excluding hydrogens is 450 g/mol. The average molecular weight is 476 g/mol. The second kappa shape index (κ2) is 9.04. The Morgan fingerprint density at radius 3 is 2.82 bits per heavy atom. The van der Waals surface area contributed by atoms with Gasteiger partial charge in [-0.2, -0.15) is 0 Å². The number of nitrogens with one attached hydrogen (secondary N) is 1. The van der Waals surface area contributed by atoms with Crippen LogP contribution in [0.5, 0.6) is 5.75 Å². The van der Waals surface area contributed by atoms with E-state index in [0.717, 1.165) is 21.2 Å². The number of benzene rings is 2. The monoisotopic (exact) mass is 475 g/mol. The maximum absolute atomic E-state index is 13.4. The quantitative estimate of drug-likeness (QED) is 0.451. The highest BCUT2D eigenvalue weighted by atomic mass is 32.1. The van der Waals surface area contributed by atoms with Gasteiger partial charge >= 0.3 is 0 Å². The minimum atomic E-state index is -0.799. The van der Waals surface area contributed by atoms with Crippen LogP contribution < -0.4 is 15.6 Å². The zero-order valence-electron chi connectivity index (χ0n) is 19.0. The molecule has 1 amide bonds. The minimum absolute atomic E-state index is 0.0240. The third-order valence-electron chi connectivity index (χ3n) is 5.89. The molecule has 0 saturated carbocycles. The summed E-state index contributed by atoms with van der Waals surface area (Å²) in [7, 11) is 0. The number of carbonyl (C=O) groups is 1. The average Bonchev–Trinajstić information content (AvgIpc) is 3.32. The summed E-state index contributed by atoms with van der Waals surface area (Å²) >= 11 is 1.63. The molecule has 34 heavy (non-hydrogen) atoms. The second-order valence-electron chi connectivity index (χ2n) is 8.64. The third kappa shape index (κ3) is 4.22. The molecule has 0 saturated heterocycles. The molecule has 2 aromatic carbocycles. The van der Waals surface area contributed by atoms with Crippen molar-refractivity contribution in [2.75, 3.05) is 6.61 Å². The van der Waals surface area contributed by atoms with Crippen LogP contribution in [0.15, 0.2) is 64.8 Å². The molecule has 0 bridgehead atoms. The first-order chi connectivity index (χ1) is 16.4. The van der Waals surface area contributed by atoms with Crippen LogP contribution in [0.4, 0.5) is 0 Å². The zero-order chi connectivity index (χ0) is 23.7. The Hall–Kier alpha value is -3.49. The maximum atomic E-state index is 13.4. The number of hydrogen-bond acceptors (Lipinski definition) is 6. The fourth-order valence-corrected chi connectivity index (χ4v) is 5.04. The van der Waals surface area contributed by atoms with Crippen molar-refractivity contribution in [3.8, 4) is 5.75 Å². The molecule has 0 unspecified atom stereocenters. The van der Waals surface area contributed by atoms with E-state index in [2.05, 4.69) is 16.4 Å². The number of aromatic nitrogens is 2. The van der Waals surface area contributed by atoms with Gasteiger partial charge in [-0.15, -0.1) is 11.3 Å². The maximum Gasteiger partial charge on any atom is 0.296 e. The molecule has 4 aromatic rings. The molecule has 8 heteroatoms. The number of amides is 1. The highest BCUT2D eigenvalue weighted by Gasteiger charge is 2.35. The largest absolute Gasteiger partial charge is 0.481 e. The van der Waals surface area contributed by atoms with Gasteiger partial charge in [0.25, 0.3) is 11.5 Å². The normalized spacial score (nSPS) is 14.5. The minimum Gasteiger partial charge on any atom is -0.481 e. The van der Waals surface area contributed by atoms with Crippen LogP contribution in [0.1, 0.15) is 41.3 Å². The van der Waals surface area contributed by atoms with Crippen molar-refractivity contribution < 1.29 is 14.3 Å². The Balaban J connectivity index is 1.49. The van der Waals surface area contributed by atoms with E-state index < -0.39 is 11.5 Å². The number of thiophene rings is 1. The number of nitrogens with zero attached hydrogens (tertiary/aromatic N) is 2. The summed E-state index contributed by atoms with van der Waals surface area (Å²) in [4.78, 5) is 31.4. The molecule has 2 aromatic heterocycles. The lowest BCUT2D eigenvalue weighted by atomic mass is 10.1. The van der Waals surface area contributed by atoms with Gasteiger partial charge in [-0.25, -0.2) is 4.98 Å². The third-order valence-corrected chi connectivity index (χ3v) is 6.89. The number of hydrogen-bond donors (Lipinski definition) is 1. The molecule has 0 aliphatic carbocycles. The molecule has 0 radical (unpaired) electrons. The topological polar surface area (TPSA) is 82.5 Å². The van der Waals surface area contributed by atoms with Gasteiger partial charge in [0.05, 0.1) is 13.2 Å². The van der Waals surface area contributed by atoms with Crippen LogP contribution in [0.2, 0.25) is 0 Å². The summed E-state index contributed by atoms with van der Waals surface area (Å²) in [5.74, 6) is -0.0862. The van der Waals surface area contributed by atoms with Crippen LogP contribution >= 0.6 is 11.3 Å². The number of carbonyl (C=O) groups excluding carboxylic acids is 1. The smallest absolute Gasteiger partial charge is 0.296 e. The predicted molar refractivity (Wildman–Crippen MR) is 131 cm³/mol. The summed E-state index contributed by atoms with van der Waals surface area (Å²) in [6, 6.07) is 17.6. The van der Waals surface area contributed by atoms with Gasteiger partial charge < -0.3 is 14.8 Å². The van der Waals surface area contributed by atoms with E-state index in [4.69, 9.17) is 9.47 Å². The van der Waals surface area contributed by atoms with Crippen molar-refractivity contribution in [2.24, 2.45) is 0 Å². The fraction of sp³-hybridized carbons (Fsp3) is 0.269. The van der Waals surface area contributed by atoms with Crippen molar-refractivity contribution in [1.82, 2.24) is 14.9 Å². The van der Waals surface area contributed by atoms with Crippen molar-refractivity contribution >= 4 is 27.3 Å². The molecule has 0 atom stereocenters. The van der Waals surface area contributed by atoms with E-state index in [9.17, 15) is 9.59 Å². The highest BCUT2D eigenvalue weighted by Crippen LogP contribution is 2.28. The Bertz CT molecular complexity index is 1410. The lowest BCUT2D eigenvalue weighted by Crippen LogP contribution is -2.43. The number of ether oxygens (including phenoxy) is 2. The lowest BCUT2D eigenvalue weighted by molar-refractivity contribution is -0.0567. The van der Waals surface area contributed by atoms with Gasteiger partial charge in [0.2, 0.25) is 5.75 Å². The molecule has 1 aliphatic rings. The van der Waals surface area contributed by atoms with Crippen LogP contribution in [0.25, 0.3) is 10.1 Å². The Labute approximate surface area is 201 Å². The summed E-state index contributed by atoms with van der Waals surface area (Å²) in [5.41, 5.74) is 0.703. The highest BCUT2D eigenvalue weighted by molar-refractivity contribution is 7.17. The molecule has 1 aliphatic heterocycles. The standard InChI is InChI=1S/C26H25N3O4S/c1-26(2)25-28-20(23(30)27-15-19-10-6-9-18-11-14-34-22(18)19)21(24(31)29(25)12-13-33-26)32-16-17-7-4-3-5-8-17/h3-11,14H,12-13,15-16H2,1-2H3,(H,27,30). The molecule has 7 nitrogen and oxygen atoms in total. The molecule has 5 rings (SSSR count). The van der Waals surface area contributed by atoms with Crippen molar-refractivity contribution in [1.29, 1.82) is 0 Å². The van der Waals surface area contributed by atoms with Crippen molar-refractivity contribution in [3.63, 3.8) is 0 Å². The predicted octanol–water partition coefficient (Wildman–Crippen LogP) is 4.23. The van der Waals surface area contributed by atoms with E-state index >= 15 is 0 Å². The first-order valence-electron chi connectivity index (χ1n) is 11.1. The van der Waals surface area contributed by atoms with Gasteiger partial charge in [0.15, 0.2) is 5.69 Å². The van der Waals surface area contributed by atoms with Gasteiger partial charge in [0, 0.05) is 11.2 Å². The molecule has 0 fully saturated rings. The van der Waals surface area contributed by atoms with E-state index in [-0.39, 0.29) is 23.6 Å². The summed E-state index contributed by atoms with van der Waals surface area (Å²) < 4.78 is 14.4. The molecule has 0 spiro atoms. The van der Waals surface area contributed by atoms with Crippen LogP contribution in [0.3, 0.4) is 0 Å².